The molecule has 0 saturated carbocycles. The Balaban J connectivity index is 1.85. The van der Waals surface area contributed by atoms with Gasteiger partial charge in [0.2, 0.25) is 10.0 Å². The molecule has 11 heteroatoms. The van der Waals surface area contributed by atoms with E-state index in [4.69, 9.17) is 4.74 Å². The van der Waals surface area contributed by atoms with E-state index < -0.39 is 14.9 Å². The number of nitro benzene ring substituents is 1. The molecule has 1 fully saturated rings. The van der Waals surface area contributed by atoms with Crippen molar-refractivity contribution in [1.82, 2.24) is 9.29 Å². The topological polar surface area (TPSA) is 115 Å². The number of nitrogens with one attached hydrogen (secondary N) is 1. The molecule has 0 bridgehead atoms. The van der Waals surface area contributed by atoms with Crippen LogP contribution in [-0.2, 0) is 21.2 Å². The van der Waals surface area contributed by atoms with Crippen LogP contribution in [-0.4, -0.2) is 55.5 Å². The summed E-state index contributed by atoms with van der Waals surface area (Å²) < 4.78 is 32.5. The number of benzene rings is 1. The third kappa shape index (κ3) is 4.61. The average molecular weight is 412 g/mol. The lowest BCUT2D eigenvalue weighted by Crippen LogP contribution is -2.40. The van der Waals surface area contributed by atoms with Crippen LogP contribution in [0.5, 0.6) is 0 Å². The quantitative estimate of drug-likeness (QED) is 0.546. The summed E-state index contributed by atoms with van der Waals surface area (Å²) in [6.45, 7) is 3.45. The van der Waals surface area contributed by atoms with Gasteiger partial charge in [-0.3, -0.25) is 10.1 Å². The molecular weight excluding hydrogens is 392 g/mol. The zero-order valence-electron chi connectivity index (χ0n) is 14.8. The summed E-state index contributed by atoms with van der Waals surface area (Å²) in [5, 5.41) is 17.1. The summed E-state index contributed by atoms with van der Waals surface area (Å²) in [4.78, 5) is 14.8. The number of hydrogen-bond donors (Lipinski definition) is 1. The van der Waals surface area contributed by atoms with E-state index in [9.17, 15) is 18.5 Å². The van der Waals surface area contributed by atoms with Gasteiger partial charge in [-0.05, 0) is 13.0 Å². The molecular formula is C16H20N4O5S2. The summed E-state index contributed by atoms with van der Waals surface area (Å²) in [6, 6.07) is 3.85. The molecule has 0 spiro atoms. The second kappa shape index (κ2) is 8.30. The van der Waals surface area contributed by atoms with Crippen molar-refractivity contribution in [1.29, 1.82) is 0 Å². The molecule has 1 aromatic heterocycles. The van der Waals surface area contributed by atoms with E-state index in [1.54, 1.807) is 11.3 Å². The maximum Gasteiger partial charge on any atom is 0.270 e. The first-order valence-electron chi connectivity index (χ1n) is 8.39. The second-order valence-electron chi connectivity index (χ2n) is 5.99. The summed E-state index contributed by atoms with van der Waals surface area (Å²) in [6.07, 6.45) is 0.623. The van der Waals surface area contributed by atoms with Gasteiger partial charge in [0.05, 0.1) is 34.5 Å². The van der Waals surface area contributed by atoms with Gasteiger partial charge in [0, 0.05) is 43.6 Å². The van der Waals surface area contributed by atoms with Crippen LogP contribution in [0, 0.1) is 17.0 Å². The number of thiazole rings is 1. The molecule has 1 aliphatic heterocycles. The largest absolute Gasteiger partial charge is 0.384 e. The Hall–Kier alpha value is -2.08. The lowest BCUT2D eigenvalue weighted by atomic mass is 10.2. The number of nitro groups is 1. The Kier molecular flexibility index (Phi) is 6.05. The maximum atomic E-state index is 13.0. The van der Waals surface area contributed by atoms with Gasteiger partial charge in [-0.1, -0.05) is 0 Å². The molecule has 146 valence electrons. The second-order valence-corrected chi connectivity index (χ2v) is 8.96. The van der Waals surface area contributed by atoms with Crippen molar-refractivity contribution in [2.24, 2.45) is 0 Å². The van der Waals surface area contributed by atoms with E-state index in [0.717, 1.165) is 16.8 Å². The summed E-state index contributed by atoms with van der Waals surface area (Å²) in [5.41, 5.74) is 1.01. The predicted molar refractivity (Wildman–Crippen MR) is 102 cm³/mol. The molecule has 2 heterocycles. The van der Waals surface area contributed by atoms with Crippen molar-refractivity contribution in [3.8, 4) is 0 Å². The van der Waals surface area contributed by atoms with E-state index in [1.165, 1.54) is 16.4 Å². The fourth-order valence-electron chi connectivity index (χ4n) is 2.76. The molecule has 0 atom stereocenters. The minimum Gasteiger partial charge on any atom is -0.384 e. The first kappa shape index (κ1) is 19.7. The Morgan fingerprint density at radius 2 is 2.11 bits per heavy atom. The molecule has 2 aromatic rings. The third-order valence-corrected chi connectivity index (χ3v) is 6.89. The molecule has 1 aromatic carbocycles. The van der Waals surface area contributed by atoms with Gasteiger partial charge in [-0.25, -0.2) is 13.4 Å². The monoisotopic (exact) mass is 412 g/mol. The van der Waals surface area contributed by atoms with Gasteiger partial charge < -0.3 is 10.1 Å². The minimum atomic E-state index is -3.87. The Bertz CT molecular complexity index is 923. The third-order valence-electron chi connectivity index (χ3n) is 4.13. The molecule has 3 rings (SSSR count). The molecule has 0 radical (unpaired) electrons. The highest BCUT2D eigenvalue weighted by Gasteiger charge is 2.30. The van der Waals surface area contributed by atoms with Gasteiger partial charge in [0.1, 0.15) is 4.90 Å². The highest BCUT2D eigenvalue weighted by atomic mass is 32.2. The molecule has 1 aliphatic rings. The van der Waals surface area contributed by atoms with Crippen LogP contribution in [0.1, 0.15) is 10.7 Å². The first-order valence-corrected chi connectivity index (χ1v) is 10.7. The fraction of sp³-hybridized carbons (Fsp3) is 0.438. The van der Waals surface area contributed by atoms with Crippen molar-refractivity contribution in [3.05, 3.63) is 44.4 Å². The summed E-state index contributed by atoms with van der Waals surface area (Å²) in [7, 11) is -3.87. The van der Waals surface area contributed by atoms with Crippen molar-refractivity contribution in [3.63, 3.8) is 0 Å². The van der Waals surface area contributed by atoms with Crippen LogP contribution in [0.2, 0.25) is 0 Å². The number of sulfonamides is 1. The smallest absolute Gasteiger partial charge is 0.270 e. The molecule has 1 saturated heterocycles. The summed E-state index contributed by atoms with van der Waals surface area (Å²) >= 11 is 1.55. The number of rotatable bonds is 7. The highest BCUT2D eigenvalue weighted by molar-refractivity contribution is 7.89. The maximum absolute atomic E-state index is 13.0. The number of non-ortho nitro benzene ring substituents is 1. The van der Waals surface area contributed by atoms with Crippen molar-refractivity contribution < 1.29 is 18.1 Å². The molecule has 1 N–H and O–H groups in total. The van der Waals surface area contributed by atoms with Crippen LogP contribution in [0.3, 0.4) is 0 Å². The van der Waals surface area contributed by atoms with E-state index in [1.807, 2.05) is 12.3 Å². The molecule has 0 amide bonds. The van der Waals surface area contributed by atoms with Gasteiger partial charge in [-0.15, -0.1) is 11.3 Å². The Labute approximate surface area is 161 Å². The number of morpholine rings is 1. The molecule has 0 unspecified atom stereocenters. The van der Waals surface area contributed by atoms with Crippen LogP contribution in [0.15, 0.2) is 28.5 Å². The van der Waals surface area contributed by atoms with Gasteiger partial charge in [-0.2, -0.15) is 4.31 Å². The van der Waals surface area contributed by atoms with Crippen LogP contribution in [0.4, 0.5) is 11.4 Å². The van der Waals surface area contributed by atoms with Crippen molar-refractivity contribution in [2.45, 2.75) is 18.2 Å². The normalized spacial score (nSPS) is 15.6. The average Bonchev–Trinajstić information content (AvgIpc) is 3.07. The van der Waals surface area contributed by atoms with Gasteiger partial charge in [0.25, 0.3) is 5.69 Å². The number of ether oxygens (including phenoxy) is 1. The van der Waals surface area contributed by atoms with E-state index in [-0.39, 0.29) is 23.7 Å². The summed E-state index contributed by atoms with van der Waals surface area (Å²) in [5.74, 6) is 0. The van der Waals surface area contributed by atoms with Crippen LogP contribution in [0.25, 0.3) is 0 Å². The van der Waals surface area contributed by atoms with Crippen LogP contribution >= 0.6 is 11.3 Å². The van der Waals surface area contributed by atoms with Crippen LogP contribution < -0.4 is 5.32 Å². The minimum absolute atomic E-state index is 0.0898. The van der Waals surface area contributed by atoms with Gasteiger partial charge >= 0.3 is 0 Å². The van der Waals surface area contributed by atoms with E-state index in [0.29, 0.717) is 31.9 Å². The zero-order chi connectivity index (χ0) is 19.4. The number of hydrogen-bond acceptors (Lipinski definition) is 8. The lowest BCUT2D eigenvalue weighted by Gasteiger charge is -2.27. The number of nitrogens with zero attached hydrogens (tertiary/aromatic N) is 3. The van der Waals surface area contributed by atoms with Crippen molar-refractivity contribution >= 4 is 32.7 Å². The number of aromatic nitrogens is 1. The molecule has 0 aliphatic carbocycles. The van der Waals surface area contributed by atoms with E-state index >= 15 is 0 Å². The van der Waals surface area contributed by atoms with E-state index in [2.05, 4.69) is 10.3 Å². The lowest BCUT2D eigenvalue weighted by molar-refractivity contribution is -0.385. The number of anilines is 1. The zero-order valence-corrected chi connectivity index (χ0v) is 16.4. The SMILES string of the molecule is Cc1nc(CCNc2ccc([N+](=O)[O-])cc2S(=O)(=O)N2CCOCC2)cs1. The van der Waals surface area contributed by atoms with Gasteiger partial charge in [0.15, 0.2) is 0 Å². The Morgan fingerprint density at radius 3 is 2.74 bits per heavy atom. The highest BCUT2D eigenvalue weighted by Crippen LogP contribution is 2.29. The standard InChI is InChI=1S/C16H20N4O5S2/c1-12-18-13(11-26-12)4-5-17-15-3-2-14(20(21)22)10-16(15)27(23,24)19-6-8-25-9-7-19/h2-3,10-11,17H,4-9H2,1H3. The molecule has 27 heavy (non-hydrogen) atoms. The molecule has 9 nitrogen and oxygen atoms in total. The number of aryl methyl sites for hydroxylation is 1. The fourth-order valence-corrected chi connectivity index (χ4v) is 5.00. The van der Waals surface area contributed by atoms with Crippen molar-refractivity contribution in [2.75, 3.05) is 38.2 Å². The first-order chi connectivity index (χ1) is 12.9. The Morgan fingerprint density at radius 1 is 1.37 bits per heavy atom. The predicted octanol–water partition coefficient (Wildman–Crippen LogP) is 2.04.